The molecule has 2 aromatic rings. The van der Waals surface area contributed by atoms with Crippen LogP contribution in [-0.4, -0.2) is 60.3 Å². The van der Waals surface area contributed by atoms with E-state index in [4.69, 9.17) is 4.74 Å². The summed E-state index contributed by atoms with van der Waals surface area (Å²) >= 11 is 0. The summed E-state index contributed by atoms with van der Waals surface area (Å²) in [4.78, 5) is 41.4. The Balaban J connectivity index is 1.61. The molecule has 1 fully saturated rings. The van der Waals surface area contributed by atoms with Crippen molar-refractivity contribution in [3.63, 3.8) is 0 Å². The monoisotopic (exact) mass is 393 g/mol. The number of imide groups is 1. The topological polar surface area (TPSA) is 79.0 Å². The SMILES string of the molecule is CCOc1ccc(CN2C(=O)c3ccccc3C2=O)cc1C(=O)N1CCNCC1. The van der Waals surface area contributed by atoms with Gasteiger partial charge in [0.15, 0.2) is 0 Å². The van der Waals surface area contributed by atoms with Crippen LogP contribution >= 0.6 is 0 Å². The standard InChI is InChI=1S/C22H23N3O4/c1-2-29-19-8-7-15(13-18(19)20(26)24-11-9-23-10-12-24)14-25-21(27)16-5-3-4-6-17(16)22(25)28/h3-8,13,23H,2,9-12,14H2,1H3. The van der Waals surface area contributed by atoms with Gasteiger partial charge in [-0.15, -0.1) is 0 Å². The largest absolute Gasteiger partial charge is 0.493 e. The Morgan fingerprint density at radius 1 is 1.03 bits per heavy atom. The molecule has 29 heavy (non-hydrogen) atoms. The van der Waals surface area contributed by atoms with Crippen LogP contribution < -0.4 is 10.1 Å². The van der Waals surface area contributed by atoms with Gasteiger partial charge in [-0.25, -0.2) is 0 Å². The summed E-state index contributed by atoms with van der Waals surface area (Å²) in [7, 11) is 0. The molecular formula is C22H23N3O4. The number of carbonyl (C=O) groups is 3. The second-order valence-corrected chi connectivity index (χ2v) is 7.05. The normalized spacial score (nSPS) is 16.2. The summed E-state index contributed by atoms with van der Waals surface area (Å²) in [5.41, 5.74) is 2.01. The minimum absolute atomic E-state index is 0.0980. The molecule has 0 bridgehead atoms. The van der Waals surface area contributed by atoms with Gasteiger partial charge in [0.1, 0.15) is 5.75 Å². The number of nitrogens with one attached hydrogen (secondary N) is 1. The van der Waals surface area contributed by atoms with Gasteiger partial charge >= 0.3 is 0 Å². The Kier molecular flexibility index (Phi) is 5.31. The summed E-state index contributed by atoms with van der Waals surface area (Å²) in [6, 6.07) is 12.1. The Morgan fingerprint density at radius 3 is 2.31 bits per heavy atom. The van der Waals surface area contributed by atoms with Crippen molar-refractivity contribution in [3.8, 4) is 5.75 Å². The zero-order valence-electron chi connectivity index (χ0n) is 16.3. The lowest BCUT2D eigenvalue weighted by Gasteiger charge is -2.28. The predicted molar refractivity (Wildman–Crippen MR) is 107 cm³/mol. The van der Waals surface area contributed by atoms with E-state index >= 15 is 0 Å². The Bertz CT molecular complexity index is 931. The quantitative estimate of drug-likeness (QED) is 0.786. The van der Waals surface area contributed by atoms with Gasteiger partial charge in [0, 0.05) is 26.2 Å². The lowest BCUT2D eigenvalue weighted by molar-refractivity contribution is 0.0642. The van der Waals surface area contributed by atoms with E-state index in [1.807, 2.05) is 6.92 Å². The van der Waals surface area contributed by atoms with E-state index in [1.54, 1.807) is 47.4 Å². The molecule has 7 nitrogen and oxygen atoms in total. The van der Waals surface area contributed by atoms with Crippen LogP contribution in [0.5, 0.6) is 5.75 Å². The fourth-order valence-corrected chi connectivity index (χ4v) is 3.73. The fraction of sp³-hybridized carbons (Fsp3) is 0.318. The second kappa shape index (κ2) is 8.05. The van der Waals surface area contributed by atoms with Gasteiger partial charge in [-0.2, -0.15) is 0 Å². The molecule has 0 radical (unpaired) electrons. The molecule has 0 saturated carbocycles. The number of nitrogens with zero attached hydrogens (tertiary/aromatic N) is 2. The van der Waals surface area contributed by atoms with Crippen molar-refractivity contribution in [1.29, 1.82) is 0 Å². The first-order valence-electron chi connectivity index (χ1n) is 9.81. The van der Waals surface area contributed by atoms with Crippen LogP contribution in [-0.2, 0) is 6.54 Å². The zero-order valence-corrected chi connectivity index (χ0v) is 16.3. The number of hydrogen-bond donors (Lipinski definition) is 1. The molecule has 2 heterocycles. The van der Waals surface area contributed by atoms with Crippen molar-refractivity contribution in [2.45, 2.75) is 13.5 Å². The summed E-state index contributed by atoms with van der Waals surface area (Å²) in [5.74, 6) is -0.203. The minimum atomic E-state index is -0.311. The molecule has 2 aliphatic rings. The van der Waals surface area contributed by atoms with Gasteiger partial charge in [-0.1, -0.05) is 18.2 Å². The van der Waals surface area contributed by atoms with Crippen LogP contribution in [0, 0.1) is 0 Å². The molecule has 0 atom stereocenters. The zero-order chi connectivity index (χ0) is 20.4. The van der Waals surface area contributed by atoms with Crippen LogP contribution in [0.15, 0.2) is 42.5 Å². The second-order valence-electron chi connectivity index (χ2n) is 7.05. The summed E-state index contributed by atoms with van der Waals surface area (Å²) < 4.78 is 5.66. The highest BCUT2D eigenvalue weighted by Crippen LogP contribution is 2.27. The maximum absolute atomic E-state index is 13.1. The van der Waals surface area contributed by atoms with E-state index in [-0.39, 0.29) is 24.3 Å². The molecule has 1 N–H and O–H groups in total. The van der Waals surface area contributed by atoms with Crippen LogP contribution in [0.3, 0.4) is 0 Å². The van der Waals surface area contributed by atoms with E-state index < -0.39 is 0 Å². The third kappa shape index (κ3) is 3.61. The van der Waals surface area contributed by atoms with Gasteiger partial charge in [0.25, 0.3) is 17.7 Å². The highest BCUT2D eigenvalue weighted by molar-refractivity contribution is 6.21. The molecule has 0 aromatic heterocycles. The van der Waals surface area contributed by atoms with E-state index in [0.29, 0.717) is 47.7 Å². The summed E-state index contributed by atoms with van der Waals surface area (Å²) in [5, 5.41) is 3.23. The molecule has 0 aliphatic carbocycles. The highest BCUT2D eigenvalue weighted by Gasteiger charge is 2.35. The van der Waals surface area contributed by atoms with Crippen molar-refractivity contribution < 1.29 is 19.1 Å². The first kappa shape index (κ1) is 19.1. The van der Waals surface area contributed by atoms with Crippen molar-refractivity contribution >= 4 is 17.7 Å². The fourth-order valence-electron chi connectivity index (χ4n) is 3.73. The smallest absolute Gasteiger partial charge is 0.261 e. The van der Waals surface area contributed by atoms with Crippen LogP contribution in [0.2, 0.25) is 0 Å². The molecule has 0 spiro atoms. The van der Waals surface area contributed by atoms with Gasteiger partial charge in [0.05, 0.1) is 29.8 Å². The number of benzene rings is 2. The van der Waals surface area contributed by atoms with Gasteiger partial charge in [-0.05, 0) is 36.8 Å². The first-order chi connectivity index (χ1) is 14.1. The Hall–Kier alpha value is -3.19. The van der Waals surface area contributed by atoms with Gasteiger partial charge in [-0.3, -0.25) is 19.3 Å². The van der Waals surface area contributed by atoms with Gasteiger partial charge in [0.2, 0.25) is 0 Å². The molecule has 3 amide bonds. The maximum atomic E-state index is 13.1. The summed E-state index contributed by atoms with van der Waals surface area (Å²) in [6.07, 6.45) is 0. The molecule has 2 aliphatic heterocycles. The van der Waals surface area contributed by atoms with E-state index in [9.17, 15) is 14.4 Å². The Morgan fingerprint density at radius 2 is 1.69 bits per heavy atom. The molecule has 150 valence electrons. The highest BCUT2D eigenvalue weighted by atomic mass is 16.5. The van der Waals surface area contributed by atoms with Crippen molar-refractivity contribution in [2.24, 2.45) is 0 Å². The molecule has 7 heteroatoms. The molecular weight excluding hydrogens is 370 g/mol. The number of rotatable bonds is 5. The first-order valence-corrected chi connectivity index (χ1v) is 9.81. The number of fused-ring (bicyclic) bond motifs is 1. The number of amides is 3. The summed E-state index contributed by atoms with van der Waals surface area (Å²) in [6.45, 7) is 5.20. The Labute approximate surface area is 169 Å². The number of hydrogen-bond acceptors (Lipinski definition) is 5. The average Bonchev–Trinajstić information content (AvgIpc) is 3.00. The lowest BCUT2D eigenvalue weighted by Crippen LogP contribution is -2.46. The molecule has 1 saturated heterocycles. The number of piperazine rings is 1. The van der Waals surface area contributed by atoms with Crippen LogP contribution in [0.25, 0.3) is 0 Å². The maximum Gasteiger partial charge on any atom is 0.261 e. The lowest BCUT2D eigenvalue weighted by atomic mass is 10.1. The van der Waals surface area contributed by atoms with Crippen molar-refractivity contribution in [1.82, 2.24) is 15.1 Å². The number of carbonyl (C=O) groups excluding carboxylic acids is 3. The third-order valence-corrected chi connectivity index (χ3v) is 5.20. The van der Waals surface area contributed by atoms with Crippen LogP contribution in [0.1, 0.15) is 43.6 Å². The average molecular weight is 393 g/mol. The van der Waals surface area contributed by atoms with Crippen molar-refractivity contribution in [3.05, 3.63) is 64.7 Å². The molecule has 4 rings (SSSR count). The molecule has 0 unspecified atom stereocenters. The molecule has 2 aromatic carbocycles. The van der Waals surface area contributed by atoms with E-state index in [1.165, 1.54) is 4.90 Å². The van der Waals surface area contributed by atoms with E-state index in [2.05, 4.69) is 5.32 Å². The third-order valence-electron chi connectivity index (χ3n) is 5.20. The van der Waals surface area contributed by atoms with Gasteiger partial charge < -0.3 is 15.0 Å². The minimum Gasteiger partial charge on any atom is -0.493 e. The number of ether oxygens (including phenoxy) is 1. The predicted octanol–water partition coefficient (Wildman–Crippen LogP) is 1.93. The van der Waals surface area contributed by atoms with Crippen LogP contribution in [0.4, 0.5) is 0 Å². The van der Waals surface area contributed by atoms with E-state index in [0.717, 1.165) is 13.1 Å². The van der Waals surface area contributed by atoms with Crippen molar-refractivity contribution in [2.75, 3.05) is 32.8 Å².